The highest BCUT2D eigenvalue weighted by Crippen LogP contribution is 2.53. The molecular formula is C14H11F5O2S. The van der Waals surface area contributed by atoms with Crippen molar-refractivity contribution in [2.45, 2.75) is 17.7 Å². The number of alkyl halides is 5. The fourth-order valence-electron chi connectivity index (χ4n) is 2.02. The number of aliphatic hydroxyl groups is 1. The minimum Gasteiger partial charge on any atom is -0.497 e. The van der Waals surface area contributed by atoms with E-state index in [-0.39, 0.29) is 5.75 Å². The molecule has 1 heterocycles. The van der Waals surface area contributed by atoms with E-state index in [0.717, 1.165) is 18.2 Å². The van der Waals surface area contributed by atoms with Gasteiger partial charge < -0.3 is 9.84 Å². The van der Waals surface area contributed by atoms with E-state index in [1.54, 1.807) is 0 Å². The third-order valence-corrected chi connectivity index (χ3v) is 4.15. The lowest BCUT2D eigenvalue weighted by Crippen LogP contribution is -2.55. The summed E-state index contributed by atoms with van der Waals surface area (Å²) in [6.45, 7) is 0. The fraction of sp³-hybridized carbons (Fsp3) is 0.286. The number of ether oxygens (including phenoxy) is 1. The number of hydrogen-bond acceptors (Lipinski definition) is 3. The molecule has 0 spiro atoms. The molecule has 1 unspecified atom stereocenters. The monoisotopic (exact) mass is 338 g/mol. The smallest absolute Gasteiger partial charge is 0.457 e. The molecule has 1 N–H and O–H groups in total. The molecule has 0 saturated heterocycles. The maximum Gasteiger partial charge on any atom is 0.457 e. The summed E-state index contributed by atoms with van der Waals surface area (Å²) in [5.41, 5.74) is -4.13. The van der Waals surface area contributed by atoms with Crippen molar-refractivity contribution in [3.8, 4) is 5.75 Å². The first-order valence-corrected chi connectivity index (χ1v) is 6.88. The van der Waals surface area contributed by atoms with E-state index in [0.29, 0.717) is 11.3 Å². The van der Waals surface area contributed by atoms with E-state index < -0.39 is 28.1 Å². The van der Waals surface area contributed by atoms with E-state index in [9.17, 15) is 27.1 Å². The van der Waals surface area contributed by atoms with Gasteiger partial charge in [-0.1, -0.05) is 18.2 Å². The van der Waals surface area contributed by atoms with Gasteiger partial charge in [-0.05, 0) is 29.1 Å². The first kappa shape index (κ1) is 16.7. The Morgan fingerprint density at radius 1 is 1.05 bits per heavy atom. The molecule has 1 aromatic carbocycles. The van der Waals surface area contributed by atoms with Crippen LogP contribution in [0.5, 0.6) is 5.75 Å². The van der Waals surface area contributed by atoms with Crippen LogP contribution in [0.2, 0.25) is 0 Å². The predicted octanol–water partition coefficient (Wildman–Crippen LogP) is 4.19. The highest BCUT2D eigenvalue weighted by atomic mass is 32.1. The maximum absolute atomic E-state index is 14.1. The lowest BCUT2D eigenvalue weighted by Gasteiger charge is -2.36. The van der Waals surface area contributed by atoms with Crippen LogP contribution in [0.1, 0.15) is 10.4 Å². The molecule has 2 aromatic rings. The second kappa shape index (κ2) is 5.51. The molecular weight excluding hydrogens is 327 g/mol. The second-order valence-corrected chi connectivity index (χ2v) is 5.44. The van der Waals surface area contributed by atoms with E-state index in [4.69, 9.17) is 4.74 Å². The van der Waals surface area contributed by atoms with Crippen LogP contribution in [0.25, 0.3) is 0 Å². The standard InChI is InChI=1S/C14H11F5O2S/c1-21-10-5-2-4-9(8-10)12(20,11-6-3-7-22-11)13(15,16)14(17,18)19/h2-8,20H,1H3. The van der Waals surface area contributed by atoms with Gasteiger partial charge in [-0.2, -0.15) is 22.0 Å². The minimum atomic E-state index is -5.92. The number of benzene rings is 1. The van der Waals surface area contributed by atoms with Crippen LogP contribution in [0, 0.1) is 0 Å². The van der Waals surface area contributed by atoms with Crippen molar-refractivity contribution in [2.24, 2.45) is 0 Å². The van der Waals surface area contributed by atoms with Crippen molar-refractivity contribution in [1.29, 1.82) is 0 Å². The zero-order valence-electron chi connectivity index (χ0n) is 11.2. The van der Waals surface area contributed by atoms with Crippen LogP contribution in [0.15, 0.2) is 41.8 Å². The third-order valence-electron chi connectivity index (χ3n) is 3.18. The van der Waals surface area contributed by atoms with Gasteiger partial charge in [0.2, 0.25) is 0 Å². The molecule has 0 bridgehead atoms. The van der Waals surface area contributed by atoms with Crippen molar-refractivity contribution < 1.29 is 31.8 Å². The molecule has 0 saturated carbocycles. The summed E-state index contributed by atoms with van der Waals surface area (Å²) in [6.07, 6.45) is -5.92. The summed E-state index contributed by atoms with van der Waals surface area (Å²) in [5.74, 6) is -5.32. The topological polar surface area (TPSA) is 29.5 Å². The molecule has 120 valence electrons. The number of halogens is 5. The highest BCUT2D eigenvalue weighted by Gasteiger charge is 2.71. The van der Waals surface area contributed by atoms with Crippen molar-refractivity contribution in [2.75, 3.05) is 7.11 Å². The van der Waals surface area contributed by atoms with Crippen molar-refractivity contribution in [3.05, 3.63) is 52.2 Å². The molecule has 0 amide bonds. The first-order valence-electron chi connectivity index (χ1n) is 6.00. The SMILES string of the molecule is COc1cccc(C(O)(c2cccs2)C(F)(F)C(F)(F)F)c1. The van der Waals surface area contributed by atoms with Gasteiger partial charge in [-0.25, -0.2) is 0 Å². The second-order valence-electron chi connectivity index (χ2n) is 4.49. The Hall–Kier alpha value is -1.67. The molecule has 8 heteroatoms. The average Bonchev–Trinajstić information content (AvgIpc) is 2.99. The summed E-state index contributed by atoms with van der Waals surface area (Å²) >= 11 is 0.610. The maximum atomic E-state index is 14.1. The average molecular weight is 338 g/mol. The van der Waals surface area contributed by atoms with Gasteiger partial charge >= 0.3 is 12.1 Å². The number of rotatable bonds is 4. The Bertz CT molecular complexity index is 639. The minimum absolute atomic E-state index is 0.0606. The number of hydrogen-bond donors (Lipinski definition) is 1. The summed E-state index contributed by atoms with van der Waals surface area (Å²) in [6, 6.07) is 6.89. The third kappa shape index (κ3) is 2.46. The van der Waals surface area contributed by atoms with Gasteiger partial charge in [0.15, 0.2) is 5.60 Å². The lowest BCUT2D eigenvalue weighted by atomic mass is 9.85. The van der Waals surface area contributed by atoms with E-state index in [1.807, 2.05) is 0 Å². The quantitative estimate of drug-likeness (QED) is 0.847. The van der Waals surface area contributed by atoms with Crippen LogP contribution < -0.4 is 4.74 Å². The zero-order chi connectivity index (χ0) is 16.6. The Morgan fingerprint density at radius 2 is 1.73 bits per heavy atom. The van der Waals surface area contributed by atoms with Crippen LogP contribution in [-0.2, 0) is 5.60 Å². The van der Waals surface area contributed by atoms with Crippen molar-refractivity contribution in [3.63, 3.8) is 0 Å². The molecule has 0 aliphatic carbocycles. The predicted molar refractivity (Wildman–Crippen MR) is 71.3 cm³/mol. The van der Waals surface area contributed by atoms with Gasteiger partial charge in [0.05, 0.1) is 7.11 Å². The van der Waals surface area contributed by atoms with Crippen molar-refractivity contribution >= 4 is 11.3 Å². The molecule has 0 radical (unpaired) electrons. The van der Waals surface area contributed by atoms with Crippen LogP contribution in [0.4, 0.5) is 22.0 Å². The van der Waals surface area contributed by atoms with Crippen LogP contribution in [-0.4, -0.2) is 24.3 Å². The lowest BCUT2D eigenvalue weighted by molar-refractivity contribution is -0.335. The zero-order valence-corrected chi connectivity index (χ0v) is 12.0. The van der Waals surface area contributed by atoms with Crippen LogP contribution in [0.3, 0.4) is 0 Å². The Morgan fingerprint density at radius 3 is 2.23 bits per heavy atom. The Balaban J connectivity index is 2.72. The number of methoxy groups -OCH3 is 1. The van der Waals surface area contributed by atoms with Gasteiger partial charge in [0.25, 0.3) is 0 Å². The normalized spacial score (nSPS) is 15.4. The molecule has 2 nitrogen and oxygen atoms in total. The Labute approximate surface area is 126 Å². The number of thiophene rings is 1. The molecule has 1 aromatic heterocycles. The fourth-order valence-corrected chi connectivity index (χ4v) is 2.89. The van der Waals surface area contributed by atoms with Gasteiger partial charge in [0, 0.05) is 4.88 Å². The van der Waals surface area contributed by atoms with Crippen molar-refractivity contribution in [1.82, 2.24) is 0 Å². The van der Waals surface area contributed by atoms with Gasteiger partial charge in [-0.15, -0.1) is 11.3 Å². The highest BCUT2D eigenvalue weighted by molar-refractivity contribution is 7.10. The summed E-state index contributed by atoms with van der Waals surface area (Å²) in [5, 5.41) is 11.7. The first-order chi connectivity index (χ1) is 10.1. The molecule has 22 heavy (non-hydrogen) atoms. The van der Waals surface area contributed by atoms with E-state index in [1.165, 1.54) is 30.7 Å². The van der Waals surface area contributed by atoms with Gasteiger partial charge in [0.1, 0.15) is 5.75 Å². The van der Waals surface area contributed by atoms with E-state index in [2.05, 4.69) is 0 Å². The summed E-state index contributed by atoms with van der Waals surface area (Å²) < 4.78 is 71.5. The summed E-state index contributed by atoms with van der Waals surface area (Å²) in [7, 11) is 1.24. The van der Waals surface area contributed by atoms with Gasteiger partial charge in [-0.3, -0.25) is 0 Å². The largest absolute Gasteiger partial charge is 0.497 e. The molecule has 2 rings (SSSR count). The van der Waals surface area contributed by atoms with Crippen LogP contribution >= 0.6 is 11.3 Å². The molecule has 0 aliphatic rings. The summed E-state index contributed by atoms with van der Waals surface area (Å²) in [4.78, 5) is -0.511. The Kier molecular flexibility index (Phi) is 4.18. The molecule has 1 atom stereocenters. The molecule has 0 aliphatic heterocycles. The van der Waals surface area contributed by atoms with E-state index >= 15 is 0 Å². The molecule has 0 fully saturated rings.